The fourth-order valence-corrected chi connectivity index (χ4v) is 2.09. The van der Waals surface area contributed by atoms with Crippen molar-refractivity contribution in [3.63, 3.8) is 0 Å². The summed E-state index contributed by atoms with van der Waals surface area (Å²) in [5.74, 6) is -0.278. The largest absolute Gasteiger partial charge is 0.461 e. The molecule has 0 bridgehead atoms. The lowest BCUT2D eigenvalue weighted by Crippen LogP contribution is -2.40. The molecule has 0 amide bonds. The Bertz CT molecular complexity index is 221. The summed E-state index contributed by atoms with van der Waals surface area (Å²) in [5, 5.41) is 3.51. The lowest BCUT2D eigenvalue weighted by molar-refractivity contribution is -0.151. The normalized spacial score (nSPS) is 27.8. The van der Waals surface area contributed by atoms with Crippen molar-refractivity contribution in [2.24, 2.45) is 5.73 Å². The molecule has 0 aromatic heterocycles. The van der Waals surface area contributed by atoms with Crippen LogP contribution in [0, 0.1) is 0 Å². The van der Waals surface area contributed by atoms with Crippen LogP contribution in [-0.4, -0.2) is 30.2 Å². The van der Waals surface area contributed by atoms with Crippen LogP contribution < -0.4 is 11.1 Å². The van der Waals surface area contributed by atoms with Gasteiger partial charge in [-0.25, -0.2) is 0 Å². The molecule has 1 aliphatic carbocycles. The maximum absolute atomic E-state index is 11.3. The number of ether oxygens (including phenoxy) is 1. The number of carbonyl (C=O) groups excluding carboxylic acids is 1. The van der Waals surface area contributed by atoms with Gasteiger partial charge in [0.15, 0.2) is 0 Å². The second-order valence-electron chi connectivity index (χ2n) is 5.02. The highest BCUT2D eigenvalue weighted by molar-refractivity contribution is 5.75. The van der Waals surface area contributed by atoms with Gasteiger partial charge in [0.2, 0.25) is 0 Å². The molecule has 0 aliphatic heterocycles. The molecule has 0 radical (unpaired) electrons. The molecule has 1 atom stereocenters. The second-order valence-corrected chi connectivity index (χ2v) is 5.02. The number of rotatable bonds is 4. The van der Waals surface area contributed by atoms with E-state index in [1.54, 1.807) is 6.92 Å². The Hall–Kier alpha value is -0.610. The van der Waals surface area contributed by atoms with Gasteiger partial charge in [0.1, 0.15) is 12.1 Å². The number of carbonyl (C=O) groups is 1. The summed E-state index contributed by atoms with van der Waals surface area (Å²) in [6, 6.07) is 0.588. The molecule has 1 aliphatic rings. The van der Waals surface area contributed by atoms with Gasteiger partial charge in [0.25, 0.3) is 0 Å². The first kappa shape index (κ1) is 13.5. The van der Waals surface area contributed by atoms with Crippen molar-refractivity contribution in [1.82, 2.24) is 5.32 Å². The summed E-state index contributed by atoms with van der Waals surface area (Å²) in [4.78, 5) is 11.3. The van der Waals surface area contributed by atoms with Crippen LogP contribution in [0.2, 0.25) is 0 Å². The Morgan fingerprint density at radius 2 is 1.81 bits per heavy atom. The molecule has 1 saturated carbocycles. The summed E-state index contributed by atoms with van der Waals surface area (Å²) in [6.45, 7) is 5.97. The van der Waals surface area contributed by atoms with E-state index in [9.17, 15) is 4.79 Å². The van der Waals surface area contributed by atoms with E-state index in [1.165, 1.54) is 0 Å². The standard InChI is InChI=1S/C12H24N2O2/c1-8(2)14-10-4-6-11(7-5-10)16-12(15)9(3)13/h8-11,14H,4-7,13H2,1-3H3/t9-,10-,11-/m1/s1. The predicted octanol–water partition coefficient (Wildman–Crippen LogP) is 1.19. The zero-order valence-electron chi connectivity index (χ0n) is 10.5. The first-order chi connectivity index (χ1) is 7.49. The molecule has 0 spiro atoms. The van der Waals surface area contributed by atoms with Crippen molar-refractivity contribution in [2.75, 3.05) is 0 Å². The monoisotopic (exact) mass is 228 g/mol. The fourth-order valence-electron chi connectivity index (χ4n) is 2.09. The summed E-state index contributed by atoms with van der Waals surface area (Å²) >= 11 is 0. The lowest BCUT2D eigenvalue weighted by atomic mass is 9.92. The SMILES string of the molecule is CC(C)N[C@H]1CC[C@H](OC(=O)[C@@H](C)N)CC1. The Morgan fingerprint density at radius 1 is 1.25 bits per heavy atom. The minimum absolute atomic E-state index is 0.0729. The van der Waals surface area contributed by atoms with E-state index in [-0.39, 0.29) is 12.1 Å². The van der Waals surface area contributed by atoms with E-state index >= 15 is 0 Å². The first-order valence-corrected chi connectivity index (χ1v) is 6.21. The molecule has 4 nitrogen and oxygen atoms in total. The molecular weight excluding hydrogens is 204 g/mol. The molecule has 94 valence electrons. The minimum Gasteiger partial charge on any atom is -0.461 e. The lowest BCUT2D eigenvalue weighted by Gasteiger charge is -2.30. The Morgan fingerprint density at radius 3 is 2.25 bits per heavy atom. The van der Waals surface area contributed by atoms with Crippen LogP contribution >= 0.6 is 0 Å². The Labute approximate surface area is 97.9 Å². The first-order valence-electron chi connectivity index (χ1n) is 6.21. The maximum atomic E-state index is 11.3. The van der Waals surface area contributed by atoms with Crippen LogP contribution in [0.25, 0.3) is 0 Å². The van der Waals surface area contributed by atoms with Gasteiger partial charge in [-0.3, -0.25) is 4.79 Å². The van der Waals surface area contributed by atoms with Crippen LogP contribution in [0.4, 0.5) is 0 Å². The molecule has 1 rings (SSSR count). The Kier molecular flexibility index (Phi) is 5.22. The van der Waals surface area contributed by atoms with Crippen molar-refractivity contribution < 1.29 is 9.53 Å². The molecule has 0 aromatic rings. The number of esters is 1. The number of hydrogen-bond acceptors (Lipinski definition) is 4. The van der Waals surface area contributed by atoms with E-state index < -0.39 is 6.04 Å². The minimum atomic E-state index is -0.508. The molecule has 0 unspecified atom stereocenters. The summed E-state index contributed by atoms with van der Waals surface area (Å²) < 4.78 is 5.31. The van der Waals surface area contributed by atoms with Gasteiger partial charge in [-0.15, -0.1) is 0 Å². The Balaban J connectivity index is 2.24. The van der Waals surface area contributed by atoms with Crippen molar-refractivity contribution in [1.29, 1.82) is 0 Å². The average Bonchev–Trinajstić information content (AvgIpc) is 2.20. The third-order valence-corrected chi connectivity index (χ3v) is 2.90. The van der Waals surface area contributed by atoms with Gasteiger partial charge in [0, 0.05) is 12.1 Å². The zero-order chi connectivity index (χ0) is 12.1. The molecule has 1 fully saturated rings. The number of nitrogens with one attached hydrogen (secondary N) is 1. The number of nitrogens with two attached hydrogens (primary N) is 1. The maximum Gasteiger partial charge on any atom is 0.322 e. The molecule has 0 heterocycles. The predicted molar refractivity (Wildman–Crippen MR) is 64.1 cm³/mol. The summed E-state index contributed by atoms with van der Waals surface area (Å²) in [5.41, 5.74) is 5.46. The van der Waals surface area contributed by atoms with E-state index in [4.69, 9.17) is 10.5 Å². The van der Waals surface area contributed by atoms with Crippen LogP contribution in [-0.2, 0) is 9.53 Å². The highest BCUT2D eigenvalue weighted by Gasteiger charge is 2.24. The van der Waals surface area contributed by atoms with Crippen molar-refractivity contribution in [2.45, 2.75) is 70.7 Å². The van der Waals surface area contributed by atoms with E-state index in [2.05, 4.69) is 19.2 Å². The van der Waals surface area contributed by atoms with Crippen LogP contribution in [0.3, 0.4) is 0 Å². The third-order valence-electron chi connectivity index (χ3n) is 2.90. The highest BCUT2D eigenvalue weighted by Crippen LogP contribution is 2.21. The molecular formula is C12H24N2O2. The molecule has 0 aromatic carbocycles. The number of hydrogen-bond donors (Lipinski definition) is 2. The molecule has 16 heavy (non-hydrogen) atoms. The third kappa shape index (κ3) is 4.49. The molecule has 0 saturated heterocycles. The van der Waals surface area contributed by atoms with E-state index in [1.807, 2.05) is 0 Å². The van der Waals surface area contributed by atoms with Gasteiger partial charge in [-0.05, 0) is 32.6 Å². The highest BCUT2D eigenvalue weighted by atomic mass is 16.5. The fraction of sp³-hybridized carbons (Fsp3) is 0.917. The van der Waals surface area contributed by atoms with Crippen molar-refractivity contribution >= 4 is 5.97 Å². The van der Waals surface area contributed by atoms with Crippen LogP contribution in [0.15, 0.2) is 0 Å². The summed E-state index contributed by atoms with van der Waals surface area (Å²) in [7, 11) is 0. The topological polar surface area (TPSA) is 64.3 Å². The molecule has 4 heteroatoms. The molecule has 3 N–H and O–H groups in total. The zero-order valence-corrected chi connectivity index (χ0v) is 10.5. The van der Waals surface area contributed by atoms with Gasteiger partial charge in [-0.1, -0.05) is 13.8 Å². The van der Waals surface area contributed by atoms with Crippen LogP contribution in [0.5, 0.6) is 0 Å². The van der Waals surface area contributed by atoms with E-state index in [0.717, 1.165) is 25.7 Å². The smallest absolute Gasteiger partial charge is 0.322 e. The average molecular weight is 228 g/mol. The van der Waals surface area contributed by atoms with E-state index in [0.29, 0.717) is 12.1 Å². The quantitative estimate of drug-likeness (QED) is 0.709. The second kappa shape index (κ2) is 6.21. The van der Waals surface area contributed by atoms with Crippen LogP contribution in [0.1, 0.15) is 46.5 Å². The van der Waals surface area contributed by atoms with Gasteiger partial charge < -0.3 is 15.8 Å². The van der Waals surface area contributed by atoms with Gasteiger partial charge in [-0.2, -0.15) is 0 Å². The summed E-state index contributed by atoms with van der Waals surface area (Å²) in [6.07, 6.45) is 4.12. The van der Waals surface area contributed by atoms with Gasteiger partial charge in [0.05, 0.1) is 0 Å². The van der Waals surface area contributed by atoms with Crippen molar-refractivity contribution in [3.05, 3.63) is 0 Å². The van der Waals surface area contributed by atoms with Gasteiger partial charge >= 0.3 is 5.97 Å². The van der Waals surface area contributed by atoms with Crippen molar-refractivity contribution in [3.8, 4) is 0 Å².